The minimum absolute atomic E-state index is 0.297. The van der Waals surface area contributed by atoms with Crippen molar-refractivity contribution in [2.75, 3.05) is 5.73 Å². The van der Waals surface area contributed by atoms with E-state index < -0.39 is 0 Å². The van der Waals surface area contributed by atoms with Gasteiger partial charge in [0.2, 0.25) is 0 Å². The van der Waals surface area contributed by atoms with Crippen LogP contribution in [0.1, 0.15) is 57.2 Å². The number of hydrogen-bond donors (Lipinski definition) is 1. The van der Waals surface area contributed by atoms with Gasteiger partial charge in [-0.3, -0.25) is 4.68 Å². The van der Waals surface area contributed by atoms with Gasteiger partial charge in [0.15, 0.2) is 0 Å². The topological polar surface area (TPSA) is 56.7 Å². The normalized spacial score (nSPS) is 12.3. The summed E-state index contributed by atoms with van der Waals surface area (Å²) in [7, 11) is 0. The molecule has 0 fully saturated rings. The third-order valence-electron chi connectivity index (χ3n) is 5.13. The van der Waals surface area contributed by atoms with Crippen molar-refractivity contribution in [1.29, 1.82) is 0 Å². The average molecular weight is 361 g/mol. The Labute approximate surface area is 161 Å². The van der Waals surface area contributed by atoms with Gasteiger partial charge in [0.1, 0.15) is 11.5 Å². The third kappa shape index (κ3) is 3.39. The van der Waals surface area contributed by atoms with Crippen molar-refractivity contribution >= 4 is 28.4 Å². The second-order valence-corrected chi connectivity index (χ2v) is 6.98. The summed E-state index contributed by atoms with van der Waals surface area (Å²) in [4.78, 5) is 4.30. The maximum Gasteiger partial charge on any atom is 0.135 e. The highest BCUT2D eigenvalue weighted by molar-refractivity contribution is 6.00. The molecular weight excluding hydrogens is 332 g/mol. The number of nitrogens with zero attached hydrogens (tertiary/aromatic N) is 3. The minimum atomic E-state index is 0.297. The van der Waals surface area contributed by atoms with Gasteiger partial charge in [0, 0.05) is 17.8 Å². The molecule has 4 heteroatoms. The lowest BCUT2D eigenvalue weighted by Crippen LogP contribution is -2.06. The van der Waals surface area contributed by atoms with Crippen molar-refractivity contribution in [3.8, 4) is 11.3 Å². The Morgan fingerprint density at radius 3 is 2.74 bits per heavy atom. The summed E-state index contributed by atoms with van der Waals surface area (Å²) in [5.74, 6) is 0.514. The van der Waals surface area contributed by atoms with Crippen molar-refractivity contribution in [3.05, 3.63) is 54.7 Å². The SMILES string of the molecule is C=Cc1cc(-c2nn(C(C)CCC)c3ccnc(N)c23)ccc1C(=C)CC. The molecule has 1 unspecified atom stereocenters. The number of allylic oxidation sites excluding steroid dienone is 1. The summed E-state index contributed by atoms with van der Waals surface area (Å²) >= 11 is 0. The summed E-state index contributed by atoms with van der Waals surface area (Å²) in [6, 6.07) is 8.60. The number of hydrogen-bond acceptors (Lipinski definition) is 3. The second kappa shape index (κ2) is 7.78. The number of anilines is 1. The van der Waals surface area contributed by atoms with E-state index in [1.165, 1.54) is 0 Å². The Morgan fingerprint density at radius 2 is 2.07 bits per heavy atom. The lowest BCUT2D eigenvalue weighted by molar-refractivity contribution is 0.469. The maximum absolute atomic E-state index is 6.25. The van der Waals surface area contributed by atoms with E-state index >= 15 is 0 Å². The number of pyridine rings is 1. The predicted molar refractivity (Wildman–Crippen MR) is 116 cm³/mol. The van der Waals surface area contributed by atoms with Gasteiger partial charge in [0.05, 0.1) is 10.9 Å². The molecule has 2 aromatic heterocycles. The molecule has 27 heavy (non-hydrogen) atoms. The molecule has 2 N–H and O–H groups in total. The number of nitrogens with two attached hydrogens (primary N) is 1. The van der Waals surface area contributed by atoms with Crippen molar-refractivity contribution in [1.82, 2.24) is 14.8 Å². The summed E-state index contributed by atoms with van der Waals surface area (Å²) in [6.07, 6.45) is 6.70. The van der Waals surface area contributed by atoms with Crippen LogP contribution in [-0.2, 0) is 0 Å². The first-order valence-corrected chi connectivity index (χ1v) is 9.59. The minimum Gasteiger partial charge on any atom is -0.383 e. The molecule has 0 saturated heterocycles. The summed E-state index contributed by atoms with van der Waals surface area (Å²) in [6.45, 7) is 14.6. The van der Waals surface area contributed by atoms with Crippen LogP contribution in [0.3, 0.4) is 0 Å². The molecule has 0 bridgehead atoms. The number of benzene rings is 1. The number of aromatic nitrogens is 3. The Kier molecular flexibility index (Phi) is 5.45. The maximum atomic E-state index is 6.25. The van der Waals surface area contributed by atoms with Gasteiger partial charge in [-0.15, -0.1) is 0 Å². The van der Waals surface area contributed by atoms with E-state index in [-0.39, 0.29) is 0 Å². The van der Waals surface area contributed by atoms with Gasteiger partial charge >= 0.3 is 0 Å². The van der Waals surface area contributed by atoms with E-state index in [1.54, 1.807) is 6.20 Å². The van der Waals surface area contributed by atoms with Gasteiger partial charge in [-0.25, -0.2) is 4.98 Å². The lowest BCUT2D eigenvalue weighted by Gasteiger charge is -2.12. The van der Waals surface area contributed by atoms with Crippen LogP contribution in [0.25, 0.3) is 33.8 Å². The molecule has 1 atom stereocenters. The van der Waals surface area contributed by atoms with Crippen LogP contribution in [-0.4, -0.2) is 14.8 Å². The van der Waals surface area contributed by atoms with E-state index in [0.717, 1.165) is 58.1 Å². The largest absolute Gasteiger partial charge is 0.383 e. The molecule has 1 aromatic carbocycles. The van der Waals surface area contributed by atoms with Crippen LogP contribution < -0.4 is 5.73 Å². The van der Waals surface area contributed by atoms with Crippen molar-refractivity contribution in [2.24, 2.45) is 0 Å². The van der Waals surface area contributed by atoms with Crippen LogP contribution >= 0.6 is 0 Å². The highest BCUT2D eigenvalue weighted by Crippen LogP contribution is 2.35. The fourth-order valence-electron chi connectivity index (χ4n) is 3.58. The van der Waals surface area contributed by atoms with Crippen molar-refractivity contribution in [3.63, 3.8) is 0 Å². The zero-order chi connectivity index (χ0) is 19.6. The molecule has 0 amide bonds. The third-order valence-corrected chi connectivity index (χ3v) is 5.13. The molecule has 3 aromatic rings. The molecule has 0 aliphatic carbocycles. The molecule has 0 aliphatic heterocycles. The molecule has 3 rings (SSSR count). The monoisotopic (exact) mass is 360 g/mol. The molecule has 4 nitrogen and oxygen atoms in total. The fraction of sp³-hybridized carbons (Fsp3) is 0.304. The van der Waals surface area contributed by atoms with E-state index in [1.807, 2.05) is 12.1 Å². The highest BCUT2D eigenvalue weighted by Gasteiger charge is 2.19. The van der Waals surface area contributed by atoms with Crippen molar-refractivity contribution in [2.45, 2.75) is 46.1 Å². The number of rotatable bonds is 7. The zero-order valence-electron chi connectivity index (χ0n) is 16.5. The van der Waals surface area contributed by atoms with Crippen LogP contribution in [0.4, 0.5) is 5.82 Å². The van der Waals surface area contributed by atoms with E-state index in [0.29, 0.717) is 11.9 Å². The van der Waals surface area contributed by atoms with E-state index in [4.69, 9.17) is 10.8 Å². The zero-order valence-corrected chi connectivity index (χ0v) is 16.5. The van der Waals surface area contributed by atoms with Gasteiger partial charge in [-0.05, 0) is 48.6 Å². The van der Waals surface area contributed by atoms with E-state index in [9.17, 15) is 0 Å². The van der Waals surface area contributed by atoms with Crippen LogP contribution in [0, 0.1) is 0 Å². The van der Waals surface area contributed by atoms with Gasteiger partial charge in [-0.1, -0.05) is 51.6 Å². The van der Waals surface area contributed by atoms with E-state index in [2.05, 4.69) is 61.8 Å². The second-order valence-electron chi connectivity index (χ2n) is 6.98. The number of fused-ring (bicyclic) bond motifs is 1. The molecule has 2 heterocycles. The highest BCUT2D eigenvalue weighted by atomic mass is 15.3. The average Bonchev–Trinajstić information content (AvgIpc) is 3.08. The smallest absolute Gasteiger partial charge is 0.135 e. The van der Waals surface area contributed by atoms with Gasteiger partial charge in [-0.2, -0.15) is 5.10 Å². The first kappa shape index (κ1) is 18.9. The molecular formula is C23H28N4. The summed E-state index contributed by atoms with van der Waals surface area (Å²) in [5, 5.41) is 5.86. The molecule has 0 radical (unpaired) electrons. The fourth-order valence-corrected chi connectivity index (χ4v) is 3.58. The van der Waals surface area contributed by atoms with Gasteiger partial charge < -0.3 is 5.73 Å². The summed E-state index contributed by atoms with van der Waals surface area (Å²) in [5.41, 5.74) is 12.5. The standard InChI is InChI=1S/C23H28N4/c1-6-9-16(5)27-20-12-13-25-23(24)21(20)22(26-27)18-10-11-19(15(4)7-2)17(8-3)14-18/h8,10-14,16H,3-4,6-7,9H2,1-2,5H3,(H2,24,25). The lowest BCUT2D eigenvalue weighted by atomic mass is 9.95. The quantitative estimate of drug-likeness (QED) is 0.553. The first-order valence-electron chi connectivity index (χ1n) is 9.59. The Balaban J connectivity index is 2.23. The van der Waals surface area contributed by atoms with Crippen LogP contribution in [0.5, 0.6) is 0 Å². The van der Waals surface area contributed by atoms with Gasteiger partial charge in [0.25, 0.3) is 0 Å². The Morgan fingerprint density at radius 1 is 1.30 bits per heavy atom. The molecule has 0 saturated carbocycles. The molecule has 0 aliphatic rings. The van der Waals surface area contributed by atoms with Crippen LogP contribution in [0.2, 0.25) is 0 Å². The number of nitrogen functional groups attached to an aromatic ring is 1. The molecule has 0 spiro atoms. The predicted octanol–water partition coefficient (Wildman–Crippen LogP) is 6.11. The first-order chi connectivity index (χ1) is 13.0. The Hall–Kier alpha value is -2.88. The van der Waals surface area contributed by atoms with Crippen molar-refractivity contribution < 1.29 is 0 Å². The molecule has 140 valence electrons. The summed E-state index contributed by atoms with van der Waals surface area (Å²) < 4.78 is 2.08. The Bertz CT molecular complexity index is 997. The van der Waals surface area contributed by atoms with Crippen LogP contribution in [0.15, 0.2) is 43.6 Å².